The molecule has 0 aromatic rings. The number of carboxylic acids is 1. The molecule has 0 saturated heterocycles. The molecule has 1 unspecified atom stereocenters. The number of aliphatic hydroxyl groups is 2. The first-order valence-corrected chi connectivity index (χ1v) is 2.84. The molecule has 0 spiro atoms. The predicted octanol–water partition coefficient (Wildman–Crippen LogP) is -0.453. The lowest BCUT2D eigenvalue weighted by Crippen LogP contribution is -2.12. The van der Waals surface area contributed by atoms with Crippen molar-refractivity contribution < 1.29 is 20.1 Å². The maximum Gasteiger partial charge on any atom is 0.329 e. The lowest BCUT2D eigenvalue weighted by Gasteiger charge is -2.02. The Morgan fingerprint density at radius 1 is 1.70 bits per heavy atom. The van der Waals surface area contributed by atoms with Crippen molar-refractivity contribution in [3.63, 3.8) is 0 Å². The van der Waals surface area contributed by atoms with Crippen LogP contribution in [0.5, 0.6) is 0 Å². The summed E-state index contributed by atoms with van der Waals surface area (Å²) < 4.78 is 0. The molecule has 0 aliphatic carbocycles. The molecule has 0 aliphatic rings. The van der Waals surface area contributed by atoms with E-state index in [0.717, 1.165) is 0 Å². The Hall–Kier alpha value is -0.580. The van der Waals surface area contributed by atoms with E-state index in [1.807, 2.05) is 0 Å². The third kappa shape index (κ3) is 3.45. The standard InChI is InChI=1S/C5H7ClO4/c6-3(1-5(9)10)4(8)2-7/h1,4,7-8H,2H2,(H,9,10)/b3-1+. The Balaban J connectivity index is 4.04. The molecule has 4 nitrogen and oxygen atoms in total. The second-order valence-corrected chi connectivity index (χ2v) is 2.00. The Labute approximate surface area is 62.4 Å². The van der Waals surface area contributed by atoms with Gasteiger partial charge < -0.3 is 15.3 Å². The van der Waals surface area contributed by atoms with Crippen LogP contribution in [0.1, 0.15) is 0 Å². The van der Waals surface area contributed by atoms with Crippen molar-refractivity contribution in [3.8, 4) is 0 Å². The number of rotatable bonds is 3. The minimum absolute atomic E-state index is 0.282. The Bertz CT molecular complexity index is 154. The smallest absolute Gasteiger partial charge is 0.329 e. The van der Waals surface area contributed by atoms with Gasteiger partial charge in [0.15, 0.2) is 0 Å². The van der Waals surface area contributed by atoms with Crippen molar-refractivity contribution in [1.82, 2.24) is 0 Å². The average molecular weight is 167 g/mol. The van der Waals surface area contributed by atoms with Crippen LogP contribution in [-0.4, -0.2) is 34.0 Å². The van der Waals surface area contributed by atoms with Crippen LogP contribution in [0.25, 0.3) is 0 Å². The van der Waals surface area contributed by atoms with Gasteiger partial charge in [-0.2, -0.15) is 0 Å². The quantitative estimate of drug-likeness (QED) is 0.496. The Kier molecular flexibility index (Phi) is 4.02. The van der Waals surface area contributed by atoms with Crippen LogP contribution in [0.4, 0.5) is 0 Å². The molecule has 58 valence electrons. The largest absolute Gasteiger partial charge is 0.478 e. The highest BCUT2D eigenvalue weighted by Gasteiger charge is 2.07. The van der Waals surface area contributed by atoms with Gasteiger partial charge in [-0.05, 0) is 0 Å². The van der Waals surface area contributed by atoms with E-state index in [2.05, 4.69) is 0 Å². The molecule has 5 heteroatoms. The molecule has 1 atom stereocenters. The van der Waals surface area contributed by atoms with Gasteiger partial charge in [-0.3, -0.25) is 0 Å². The van der Waals surface area contributed by atoms with E-state index in [4.69, 9.17) is 26.9 Å². The molecule has 0 aliphatic heterocycles. The molecule has 0 fully saturated rings. The normalized spacial score (nSPS) is 14.9. The van der Waals surface area contributed by atoms with Crippen molar-refractivity contribution in [1.29, 1.82) is 0 Å². The number of carbonyl (C=O) groups is 1. The summed E-state index contributed by atoms with van der Waals surface area (Å²) in [5.74, 6) is -1.25. The van der Waals surface area contributed by atoms with Gasteiger partial charge in [0.25, 0.3) is 0 Å². The molecule has 0 aromatic carbocycles. The summed E-state index contributed by atoms with van der Waals surface area (Å²) in [5, 5.41) is 24.7. The van der Waals surface area contributed by atoms with Gasteiger partial charge in [-0.15, -0.1) is 0 Å². The second-order valence-electron chi connectivity index (χ2n) is 1.57. The molecule has 0 amide bonds. The van der Waals surface area contributed by atoms with E-state index < -0.39 is 18.7 Å². The highest BCUT2D eigenvalue weighted by atomic mass is 35.5. The highest BCUT2D eigenvalue weighted by molar-refractivity contribution is 6.31. The molecule has 3 N–H and O–H groups in total. The van der Waals surface area contributed by atoms with Crippen molar-refractivity contribution in [2.45, 2.75) is 6.10 Å². The zero-order chi connectivity index (χ0) is 8.15. The number of halogens is 1. The van der Waals surface area contributed by atoms with Crippen LogP contribution in [0.3, 0.4) is 0 Å². The van der Waals surface area contributed by atoms with Crippen LogP contribution >= 0.6 is 11.6 Å². The third-order valence-corrected chi connectivity index (χ3v) is 1.11. The maximum atomic E-state index is 9.88. The lowest BCUT2D eigenvalue weighted by molar-refractivity contribution is -0.131. The van der Waals surface area contributed by atoms with Crippen LogP contribution in [-0.2, 0) is 4.79 Å². The first kappa shape index (κ1) is 9.42. The van der Waals surface area contributed by atoms with Crippen molar-refractivity contribution >= 4 is 17.6 Å². The van der Waals surface area contributed by atoms with Crippen molar-refractivity contribution in [2.24, 2.45) is 0 Å². The van der Waals surface area contributed by atoms with E-state index in [-0.39, 0.29) is 5.03 Å². The molecule has 0 saturated carbocycles. The molecule has 0 radical (unpaired) electrons. The Morgan fingerprint density at radius 3 is 2.50 bits per heavy atom. The zero-order valence-corrected chi connectivity index (χ0v) is 5.75. The molecule has 0 aromatic heterocycles. The van der Waals surface area contributed by atoms with E-state index >= 15 is 0 Å². The van der Waals surface area contributed by atoms with Gasteiger partial charge >= 0.3 is 5.97 Å². The fourth-order valence-electron chi connectivity index (χ4n) is 0.301. The van der Waals surface area contributed by atoms with Crippen LogP contribution in [0, 0.1) is 0 Å². The van der Waals surface area contributed by atoms with Crippen molar-refractivity contribution in [3.05, 3.63) is 11.1 Å². The van der Waals surface area contributed by atoms with Gasteiger partial charge in [-0.25, -0.2) is 4.79 Å². The zero-order valence-electron chi connectivity index (χ0n) is 4.99. The third-order valence-electron chi connectivity index (χ3n) is 0.753. The molecule has 0 rings (SSSR count). The van der Waals surface area contributed by atoms with Gasteiger partial charge in [0.2, 0.25) is 0 Å². The monoisotopic (exact) mass is 166 g/mol. The molecule has 0 bridgehead atoms. The number of hydrogen-bond donors (Lipinski definition) is 3. The van der Waals surface area contributed by atoms with Crippen molar-refractivity contribution in [2.75, 3.05) is 6.61 Å². The summed E-state index contributed by atoms with van der Waals surface area (Å²) in [6.45, 7) is -0.581. The van der Waals surface area contributed by atoms with E-state index in [1.54, 1.807) is 0 Å². The summed E-state index contributed by atoms with van der Waals surface area (Å²) in [4.78, 5) is 9.88. The molecule has 10 heavy (non-hydrogen) atoms. The highest BCUT2D eigenvalue weighted by Crippen LogP contribution is 2.06. The molecule has 0 heterocycles. The predicted molar refractivity (Wildman–Crippen MR) is 34.7 cm³/mol. The topological polar surface area (TPSA) is 77.8 Å². The van der Waals surface area contributed by atoms with Crippen LogP contribution < -0.4 is 0 Å². The number of carboxylic acid groups (broad SMARTS) is 1. The summed E-state index contributed by atoms with van der Waals surface area (Å²) in [6, 6.07) is 0. The number of aliphatic carboxylic acids is 1. The average Bonchev–Trinajstić information content (AvgIpc) is 1.85. The fraction of sp³-hybridized carbons (Fsp3) is 0.400. The SMILES string of the molecule is O=C(O)/C=C(/Cl)C(O)CO. The first-order chi connectivity index (χ1) is 4.57. The summed E-state index contributed by atoms with van der Waals surface area (Å²) in [6.07, 6.45) is -0.666. The van der Waals surface area contributed by atoms with Gasteiger partial charge in [0.05, 0.1) is 11.6 Å². The molecular weight excluding hydrogens is 160 g/mol. The maximum absolute atomic E-state index is 9.88. The van der Waals surface area contributed by atoms with E-state index in [1.165, 1.54) is 0 Å². The van der Waals surface area contributed by atoms with Crippen LogP contribution in [0.15, 0.2) is 11.1 Å². The van der Waals surface area contributed by atoms with Gasteiger partial charge in [-0.1, -0.05) is 11.6 Å². The van der Waals surface area contributed by atoms with E-state index in [9.17, 15) is 4.79 Å². The van der Waals surface area contributed by atoms with Gasteiger partial charge in [0, 0.05) is 6.08 Å². The summed E-state index contributed by atoms with van der Waals surface area (Å²) in [5.41, 5.74) is 0. The minimum Gasteiger partial charge on any atom is -0.478 e. The molecular formula is C5H7ClO4. The minimum atomic E-state index is -1.29. The Morgan fingerprint density at radius 2 is 2.20 bits per heavy atom. The second kappa shape index (κ2) is 4.27. The fourth-order valence-corrected chi connectivity index (χ4v) is 0.464. The lowest BCUT2D eigenvalue weighted by atomic mass is 10.3. The summed E-state index contributed by atoms with van der Waals surface area (Å²) in [7, 11) is 0. The van der Waals surface area contributed by atoms with E-state index in [0.29, 0.717) is 6.08 Å². The van der Waals surface area contributed by atoms with Gasteiger partial charge in [0.1, 0.15) is 6.10 Å². The number of aliphatic hydroxyl groups excluding tert-OH is 2. The number of hydrogen-bond acceptors (Lipinski definition) is 3. The summed E-state index contributed by atoms with van der Waals surface area (Å²) >= 11 is 5.20. The van der Waals surface area contributed by atoms with Crippen LogP contribution in [0.2, 0.25) is 0 Å². The first-order valence-electron chi connectivity index (χ1n) is 2.47.